The first-order valence-electron chi connectivity index (χ1n) is 4.42. The molecule has 0 radical (unpaired) electrons. The van der Waals surface area contributed by atoms with Crippen LogP contribution in [0.3, 0.4) is 0 Å². The van der Waals surface area contributed by atoms with Gasteiger partial charge in [-0.2, -0.15) is 0 Å². The number of aromatic nitrogens is 2. The van der Waals surface area contributed by atoms with Crippen LogP contribution >= 0.6 is 12.2 Å². The summed E-state index contributed by atoms with van der Waals surface area (Å²) < 4.78 is 0.818. The molecular weight excluding hydrogens is 168 g/mol. The minimum atomic E-state index is 0.818. The van der Waals surface area contributed by atoms with Gasteiger partial charge in [0.15, 0.2) is 0 Å². The van der Waals surface area contributed by atoms with Crippen molar-refractivity contribution < 1.29 is 0 Å². The number of hydrogen-bond donors (Lipinski definition) is 1. The highest BCUT2D eigenvalue weighted by Crippen LogP contribution is 2.20. The van der Waals surface area contributed by atoms with Gasteiger partial charge in [0.1, 0.15) is 10.5 Å². The molecule has 2 nitrogen and oxygen atoms in total. The predicted molar refractivity (Wildman–Crippen MR) is 50.8 cm³/mol. The van der Waals surface area contributed by atoms with Crippen LogP contribution in [0.25, 0.3) is 0 Å². The Balaban J connectivity index is 2.59. The lowest BCUT2D eigenvalue weighted by atomic mass is 10.2. The van der Waals surface area contributed by atoms with Crippen molar-refractivity contribution in [3.63, 3.8) is 0 Å². The van der Waals surface area contributed by atoms with Crippen molar-refractivity contribution in [3.8, 4) is 0 Å². The van der Waals surface area contributed by atoms with Crippen LogP contribution in [-0.2, 0) is 19.3 Å². The Morgan fingerprint density at radius 3 is 3.08 bits per heavy atom. The standard InChI is InChI=1S/C9H12N2S/c1-2-8-10-7-5-3-4-6(7)9(12)11-8/h2-5H2,1H3,(H,10,11,12). The van der Waals surface area contributed by atoms with Crippen LogP contribution in [-0.4, -0.2) is 9.97 Å². The zero-order valence-electron chi connectivity index (χ0n) is 7.18. The van der Waals surface area contributed by atoms with Crippen molar-refractivity contribution in [1.82, 2.24) is 9.97 Å². The maximum Gasteiger partial charge on any atom is 0.133 e. The van der Waals surface area contributed by atoms with Gasteiger partial charge in [0, 0.05) is 17.7 Å². The fourth-order valence-corrected chi connectivity index (χ4v) is 2.01. The van der Waals surface area contributed by atoms with Crippen LogP contribution in [0.5, 0.6) is 0 Å². The molecular formula is C9H12N2S. The largest absolute Gasteiger partial charge is 0.347 e. The van der Waals surface area contributed by atoms with Crippen molar-refractivity contribution >= 4 is 12.2 Å². The molecule has 1 aliphatic rings. The summed E-state index contributed by atoms with van der Waals surface area (Å²) in [5.41, 5.74) is 2.61. The topological polar surface area (TPSA) is 28.7 Å². The lowest BCUT2D eigenvalue weighted by Gasteiger charge is -2.02. The summed E-state index contributed by atoms with van der Waals surface area (Å²) >= 11 is 5.20. The molecule has 0 atom stereocenters. The van der Waals surface area contributed by atoms with Crippen LogP contribution < -0.4 is 0 Å². The van der Waals surface area contributed by atoms with Crippen LogP contribution in [0.15, 0.2) is 0 Å². The average molecular weight is 180 g/mol. The Labute approximate surface area is 77.0 Å². The molecule has 0 bridgehead atoms. The Hall–Kier alpha value is -0.700. The third kappa shape index (κ3) is 1.18. The lowest BCUT2D eigenvalue weighted by molar-refractivity contribution is 0.876. The molecule has 3 heteroatoms. The summed E-state index contributed by atoms with van der Waals surface area (Å²) in [6.07, 6.45) is 4.43. The molecule has 1 N–H and O–H groups in total. The molecule has 0 aromatic carbocycles. The van der Waals surface area contributed by atoms with Crippen molar-refractivity contribution in [2.45, 2.75) is 32.6 Å². The third-order valence-corrected chi connectivity index (χ3v) is 2.68. The summed E-state index contributed by atoms with van der Waals surface area (Å²) in [4.78, 5) is 7.66. The average Bonchev–Trinajstić information content (AvgIpc) is 2.52. The molecule has 12 heavy (non-hydrogen) atoms. The number of fused-ring (bicyclic) bond motifs is 1. The number of aryl methyl sites for hydroxylation is 2. The van der Waals surface area contributed by atoms with Crippen molar-refractivity contribution in [1.29, 1.82) is 0 Å². The van der Waals surface area contributed by atoms with E-state index < -0.39 is 0 Å². The quantitative estimate of drug-likeness (QED) is 0.671. The van der Waals surface area contributed by atoms with Crippen molar-refractivity contribution in [2.75, 3.05) is 0 Å². The predicted octanol–water partition coefficient (Wildman–Crippen LogP) is 2.19. The van der Waals surface area contributed by atoms with Crippen LogP contribution in [0.1, 0.15) is 30.4 Å². The molecule has 0 amide bonds. The second-order valence-electron chi connectivity index (χ2n) is 3.15. The highest BCUT2D eigenvalue weighted by molar-refractivity contribution is 7.71. The summed E-state index contributed by atoms with van der Waals surface area (Å²) in [6.45, 7) is 2.09. The second kappa shape index (κ2) is 2.98. The molecule has 0 saturated carbocycles. The molecule has 1 aliphatic carbocycles. The third-order valence-electron chi connectivity index (χ3n) is 2.34. The van der Waals surface area contributed by atoms with E-state index in [1.165, 1.54) is 17.7 Å². The fraction of sp³-hybridized carbons (Fsp3) is 0.556. The van der Waals surface area contributed by atoms with E-state index in [0.717, 1.165) is 29.7 Å². The van der Waals surface area contributed by atoms with Crippen LogP contribution in [0.2, 0.25) is 0 Å². The molecule has 0 unspecified atom stereocenters. The lowest BCUT2D eigenvalue weighted by Crippen LogP contribution is -1.99. The minimum absolute atomic E-state index is 0.818. The normalized spacial score (nSPS) is 14.8. The van der Waals surface area contributed by atoms with E-state index in [9.17, 15) is 0 Å². The van der Waals surface area contributed by atoms with Gasteiger partial charge in [0.05, 0.1) is 0 Å². The molecule has 0 aliphatic heterocycles. The molecule has 0 spiro atoms. The van der Waals surface area contributed by atoms with Gasteiger partial charge >= 0.3 is 0 Å². The van der Waals surface area contributed by atoms with Gasteiger partial charge in [-0.25, -0.2) is 4.98 Å². The van der Waals surface area contributed by atoms with Crippen molar-refractivity contribution in [2.24, 2.45) is 0 Å². The summed E-state index contributed by atoms with van der Waals surface area (Å²) in [7, 11) is 0. The summed E-state index contributed by atoms with van der Waals surface area (Å²) in [5, 5.41) is 0. The zero-order chi connectivity index (χ0) is 8.55. The molecule has 1 heterocycles. The Kier molecular flexibility index (Phi) is 1.97. The second-order valence-corrected chi connectivity index (χ2v) is 3.54. The van der Waals surface area contributed by atoms with Gasteiger partial charge < -0.3 is 4.98 Å². The summed E-state index contributed by atoms with van der Waals surface area (Å²) in [5.74, 6) is 1.03. The van der Waals surface area contributed by atoms with Gasteiger partial charge in [-0.1, -0.05) is 19.1 Å². The SMILES string of the molecule is CCc1nc(=S)c2c([nH]1)CCC2. The smallest absolute Gasteiger partial charge is 0.133 e. The Morgan fingerprint density at radius 2 is 2.33 bits per heavy atom. The van der Waals surface area contributed by atoms with Gasteiger partial charge in [-0.15, -0.1) is 0 Å². The van der Waals surface area contributed by atoms with E-state index >= 15 is 0 Å². The van der Waals surface area contributed by atoms with E-state index in [-0.39, 0.29) is 0 Å². The Morgan fingerprint density at radius 1 is 1.50 bits per heavy atom. The molecule has 0 fully saturated rings. The van der Waals surface area contributed by atoms with Crippen LogP contribution in [0.4, 0.5) is 0 Å². The Bertz CT molecular complexity index is 354. The fourth-order valence-electron chi connectivity index (χ4n) is 1.68. The van der Waals surface area contributed by atoms with E-state index in [2.05, 4.69) is 16.9 Å². The molecule has 1 aromatic rings. The first-order chi connectivity index (χ1) is 5.81. The number of rotatable bonds is 1. The number of nitrogens with one attached hydrogen (secondary N) is 1. The monoisotopic (exact) mass is 180 g/mol. The van der Waals surface area contributed by atoms with E-state index in [1.807, 2.05) is 0 Å². The summed E-state index contributed by atoms with van der Waals surface area (Å²) in [6, 6.07) is 0. The molecule has 1 aromatic heterocycles. The minimum Gasteiger partial charge on any atom is -0.347 e. The van der Waals surface area contributed by atoms with Gasteiger partial charge in [-0.05, 0) is 19.3 Å². The first-order valence-corrected chi connectivity index (χ1v) is 4.83. The van der Waals surface area contributed by atoms with E-state index in [4.69, 9.17) is 12.2 Å². The van der Waals surface area contributed by atoms with Gasteiger partial charge in [0.25, 0.3) is 0 Å². The van der Waals surface area contributed by atoms with E-state index in [0.29, 0.717) is 0 Å². The van der Waals surface area contributed by atoms with Gasteiger partial charge in [0.2, 0.25) is 0 Å². The number of aromatic amines is 1. The van der Waals surface area contributed by atoms with Crippen molar-refractivity contribution in [3.05, 3.63) is 21.7 Å². The number of hydrogen-bond acceptors (Lipinski definition) is 2. The molecule has 64 valence electrons. The zero-order valence-corrected chi connectivity index (χ0v) is 8.00. The van der Waals surface area contributed by atoms with Gasteiger partial charge in [-0.3, -0.25) is 0 Å². The maximum atomic E-state index is 5.20. The molecule has 2 rings (SSSR count). The number of H-pyrrole nitrogens is 1. The van der Waals surface area contributed by atoms with E-state index in [1.54, 1.807) is 0 Å². The highest BCUT2D eigenvalue weighted by atomic mass is 32.1. The molecule has 0 saturated heterocycles. The van der Waals surface area contributed by atoms with Crippen LogP contribution in [0, 0.1) is 4.64 Å². The first kappa shape index (κ1) is 7.92. The highest BCUT2D eigenvalue weighted by Gasteiger charge is 2.13. The maximum absolute atomic E-state index is 5.20. The number of nitrogens with zero attached hydrogens (tertiary/aromatic N) is 1.